The first-order valence-corrected chi connectivity index (χ1v) is 13.4. The second kappa shape index (κ2) is 8.90. The highest BCUT2D eigenvalue weighted by molar-refractivity contribution is 7.22. The smallest absolute Gasteiger partial charge is 0.335 e. The van der Waals surface area contributed by atoms with Crippen LogP contribution in [0.3, 0.4) is 0 Å². The minimum Gasteiger partial charge on any atom is -0.478 e. The number of aromatic nitrogens is 3. The Kier molecular flexibility index (Phi) is 5.78. The zero-order chi connectivity index (χ0) is 25.9. The van der Waals surface area contributed by atoms with Gasteiger partial charge in [-0.25, -0.2) is 23.2 Å². The molecule has 1 saturated heterocycles. The second-order valence-corrected chi connectivity index (χ2v) is 11.5. The summed E-state index contributed by atoms with van der Waals surface area (Å²) in [5.74, 6) is -0.865. The fourth-order valence-corrected chi connectivity index (χ4v) is 7.28. The topological polar surface area (TPSA) is 71.2 Å². The average Bonchev–Trinajstić information content (AvgIpc) is 3.48. The molecule has 2 aromatic heterocycles. The Morgan fingerprint density at radius 1 is 1.14 bits per heavy atom. The van der Waals surface area contributed by atoms with Crippen molar-refractivity contribution < 1.29 is 18.7 Å². The van der Waals surface area contributed by atoms with E-state index in [4.69, 9.17) is 4.98 Å². The number of hydrogen-bond acceptors (Lipinski definition) is 5. The molecule has 6 rings (SSSR count). The van der Waals surface area contributed by atoms with E-state index in [0.29, 0.717) is 5.69 Å². The fourth-order valence-electron chi connectivity index (χ4n) is 6.14. The molecule has 37 heavy (non-hydrogen) atoms. The highest BCUT2D eigenvalue weighted by atomic mass is 32.1. The molecule has 6 nitrogen and oxygen atoms in total. The van der Waals surface area contributed by atoms with Crippen molar-refractivity contribution in [3.63, 3.8) is 0 Å². The van der Waals surface area contributed by atoms with E-state index in [1.807, 2.05) is 38.1 Å². The number of carboxylic acids is 1. The predicted octanol–water partition coefficient (Wildman–Crippen LogP) is 6.90. The van der Waals surface area contributed by atoms with Crippen LogP contribution in [0.25, 0.3) is 15.9 Å². The van der Waals surface area contributed by atoms with Crippen LogP contribution in [0.1, 0.15) is 70.8 Å². The van der Waals surface area contributed by atoms with Gasteiger partial charge in [-0.3, -0.25) is 0 Å². The third kappa shape index (κ3) is 4.09. The molecule has 0 amide bonds. The minimum absolute atomic E-state index is 0.0473. The van der Waals surface area contributed by atoms with Gasteiger partial charge in [-0.1, -0.05) is 29.5 Å². The molecule has 4 aromatic rings. The highest BCUT2D eigenvalue weighted by Gasteiger charge is 2.48. The Morgan fingerprint density at radius 3 is 2.54 bits per heavy atom. The minimum atomic E-state index is -2.55. The third-order valence-corrected chi connectivity index (χ3v) is 9.24. The Hall–Kier alpha value is -3.33. The molecular formula is C28H28F2N4O2S. The first kappa shape index (κ1) is 24.0. The van der Waals surface area contributed by atoms with Gasteiger partial charge in [0.25, 0.3) is 6.43 Å². The monoisotopic (exact) mass is 522 g/mol. The van der Waals surface area contributed by atoms with Crippen LogP contribution in [0.15, 0.2) is 42.6 Å². The van der Waals surface area contributed by atoms with Crippen molar-refractivity contribution in [3.05, 3.63) is 70.5 Å². The normalized spacial score (nSPS) is 17.6. The molecule has 1 N–H and O–H groups in total. The molecule has 2 aromatic carbocycles. The standard InChI is InChI=1S/C28H28F2N4O2S/c1-16-5-3-4-6-21(16)34-24(20(15-31-34)25(29)30)19-13-28(14-19)7-9-33(10-8-28)27-32-23-17(2)11-18(26(35)36)12-22(23)37-27/h3-6,11-12,15,19,25H,7-10,13-14H2,1-2H3,(H,35,36). The van der Waals surface area contributed by atoms with Gasteiger partial charge in [0.15, 0.2) is 5.13 Å². The quantitative estimate of drug-likeness (QED) is 0.309. The van der Waals surface area contributed by atoms with Crippen molar-refractivity contribution >= 4 is 32.7 Å². The SMILES string of the molecule is Cc1ccccc1-n1ncc(C(F)F)c1C1CC2(CCN(c3nc4c(C)cc(C(=O)O)cc4s3)CC2)C1. The second-order valence-electron chi connectivity index (χ2n) is 10.5. The van der Waals surface area contributed by atoms with Crippen LogP contribution in [0.2, 0.25) is 0 Å². The van der Waals surface area contributed by atoms with Crippen LogP contribution >= 0.6 is 11.3 Å². The van der Waals surface area contributed by atoms with E-state index in [-0.39, 0.29) is 22.5 Å². The van der Waals surface area contributed by atoms with Gasteiger partial charge < -0.3 is 10.0 Å². The average molecular weight is 523 g/mol. The van der Waals surface area contributed by atoms with Crippen molar-refractivity contribution in [1.82, 2.24) is 14.8 Å². The Labute approximate surface area is 217 Å². The number of nitrogens with zero attached hydrogens (tertiary/aromatic N) is 4. The number of anilines is 1. The number of thiazole rings is 1. The van der Waals surface area contributed by atoms with Gasteiger partial charge in [-0.2, -0.15) is 5.10 Å². The molecule has 1 aliphatic heterocycles. The zero-order valence-corrected chi connectivity index (χ0v) is 21.6. The molecule has 0 unspecified atom stereocenters. The van der Waals surface area contributed by atoms with E-state index >= 15 is 0 Å². The molecule has 1 saturated carbocycles. The number of alkyl halides is 2. The van der Waals surface area contributed by atoms with E-state index in [1.54, 1.807) is 16.8 Å². The molecule has 3 heterocycles. The summed E-state index contributed by atoms with van der Waals surface area (Å²) in [6, 6.07) is 11.1. The van der Waals surface area contributed by atoms with E-state index < -0.39 is 12.4 Å². The number of carbonyl (C=O) groups is 1. The molecule has 0 atom stereocenters. The van der Waals surface area contributed by atoms with Gasteiger partial charge in [0.05, 0.1) is 38.9 Å². The number of benzene rings is 2. The van der Waals surface area contributed by atoms with Gasteiger partial charge >= 0.3 is 5.97 Å². The lowest BCUT2D eigenvalue weighted by Gasteiger charge is -2.52. The maximum atomic E-state index is 13.9. The zero-order valence-electron chi connectivity index (χ0n) is 20.7. The van der Waals surface area contributed by atoms with Gasteiger partial charge in [-0.05, 0) is 74.3 Å². The fraction of sp³-hybridized carbons (Fsp3) is 0.393. The Morgan fingerprint density at radius 2 is 1.86 bits per heavy atom. The lowest BCUT2D eigenvalue weighted by Crippen LogP contribution is -2.47. The van der Waals surface area contributed by atoms with Crippen LogP contribution in [0.5, 0.6) is 0 Å². The Bertz CT molecular complexity index is 1500. The lowest BCUT2D eigenvalue weighted by atomic mass is 9.56. The molecule has 192 valence electrons. The molecule has 0 radical (unpaired) electrons. The van der Waals surface area contributed by atoms with Crippen molar-refractivity contribution in [1.29, 1.82) is 0 Å². The molecule has 0 bridgehead atoms. The van der Waals surface area contributed by atoms with E-state index in [2.05, 4.69) is 10.00 Å². The van der Waals surface area contributed by atoms with Crippen molar-refractivity contribution in [2.75, 3.05) is 18.0 Å². The van der Waals surface area contributed by atoms with E-state index in [0.717, 1.165) is 70.9 Å². The molecule has 1 aliphatic carbocycles. The maximum absolute atomic E-state index is 13.9. The van der Waals surface area contributed by atoms with Crippen molar-refractivity contribution in [3.8, 4) is 5.69 Å². The summed E-state index contributed by atoms with van der Waals surface area (Å²) >= 11 is 1.54. The summed E-state index contributed by atoms with van der Waals surface area (Å²) in [6.07, 6.45) is 2.54. The first-order valence-electron chi connectivity index (χ1n) is 12.6. The number of carboxylic acid groups (broad SMARTS) is 1. The number of rotatable bonds is 5. The summed E-state index contributed by atoms with van der Waals surface area (Å²) in [7, 11) is 0. The summed E-state index contributed by atoms with van der Waals surface area (Å²) in [6.45, 7) is 5.59. The van der Waals surface area contributed by atoms with Crippen molar-refractivity contribution in [2.24, 2.45) is 5.41 Å². The number of para-hydroxylation sites is 1. The largest absolute Gasteiger partial charge is 0.478 e. The molecule has 2 aliphatic rings. The lowest BCUT2D eigenvalue weighted by molar-refractivity contribution is 0.0622. The molecule has 1 spiro atoms. The van der Waals surface area contributed by atoms with Gasteiger partial charge in [-0.15, -0.1) is 0 Å². The summed E-state index contributed by atoms with van der Waals surface area (Å²) in [5, 5.41) is 14.7. The van der Waals surface area contributed by atoms with Gasteiger partial charge in [0.1, 0.15) is 0 Å². The predicted molar refractivity (Wildman–Crippen MR) is 140 cm³/mol. The molecule has 9 heteroatoms. The van der Waals surface area contributed by atoms with E-state index in [9.17, 15) is 18.7 Å². The maximum Gasteiger partial charge on any atom is 0.335 e. The summed E-state index contributed by atoms with van der Waals surface area (Å²) < 4.78 is 30.5. The van der Waals surface area contributed by atoms with Gasteiger partial charge in [0.2, 0.25) is 0 Å². The molecule has 2 fully saturated rings. The summed E-state index contributed by atoms with van der Waals surface area (Å²) in [4.78, 5) is 18.5. The number of aryl methyl sites for hydroxylation is 2. The molecular weight excluding hydrogens is 494 g/mol. The number of hydrogen-bond donors (Lipinski definition) is 1. The number of piperidine rings is 1. The summed E-state index contributed by atoms with van der Waals surface area (Å²) in [5.41, 5.74) is 4.75. The number of halogens is 2. The van der Waals surface area contributed by atoms with E-state index in [1.165, 1.54) is 17.5 Å². The third-order valence-electron chi connectivity index (χ3n) is 8.18. The van der Waals surface area contributed by atoms with Crippen molar-refractivity contribution in [2.45, 2.75) is 51.9 Å². The Balaban J connectivity index is 1.19. The van der Waals surface area contributed by atoms with Crippen LogP contribution in [-0.4, -0.2) is 38.9 Å². The first-order chi connectivity index (χ1) is 17.7. The number of fused-ring (bicyclic) bond motifs is 1. The van der Waals surface area contributed by atoms with Crippen LogP contribution in [-0.2, 0) is 0 Å². The number of aromatic carboxylic acids is 1. The highest BCUT2D eigenvalue weighted by Crippen LogP contribution is 2.58. The van der Waals surface area contributed by atoms with Crippen LogP contribution in [0, 0.1) is 19.3 Å². The van der Waals surface area contributed by atoms with Gasteiger partial charge in [0, 0.05) is 19.0 Å². The van der Waals surface area contributed by atoms with Crippen LogP contribution < -0.4 is 4.90 Å². The van der Waals surface area contributed by atoms with Crippen LogP contribution in [0.4, 0.5) is 13.9 Å².